The maximum Gasteiger partial charge on any atom is 0.390 e. The molecule has 9 heteroatoms. The van der Waals surface area contributed by atoms with Crippen LogP contribution in [0.4, 0.5) is 13.2 Å². The molecule has 1 amide bonds. The lowest BCUT2D eigenvalue weighted by Crippen LogP contribution is -2.40. The first kappa shape index (κ1) is 19.5. The Labute approximate surface area is 165 Å². The number of carbonyl (C=O) groups excluding carboxylic acids is 1. The normalized spacial score (nSPS) is 14.9. The van der Waals surface area contributed by atoms with Crippen molar-refractivity contribution in [2.24, 2.45) is 13.0 Å². The molecule has 29 heavy (non-hydrogen) atoms. The number of carbonyl (C=O) groups is 1. The molecule has 0 atom stereocenters. The fraction of sp³-hybridized carbons (Fsp3) is 0.450. The van der Waals surface area contributed by atoms with Gasteiger partial charge in [-0.3, -0.25) is 4.79 Å². The van der Waals surface area contributed by atoms with Crippen LogP contribution >= 0.6 is 0 Å². The Balaban J connectivity index is 1.61. The minimum absolute atomic E-state index is 0.285. The third kappa shape index (κ3) is 4.13. The number of H-pyrrole nitrogens is 1. The van der Waals surface area contributed by atoms with Crippen LogP contribution in [0.2, 0.25) is 0 Å². The standard InChI is InChI=1S/C20H22F3N5O/c1-27-11-14(17-15-5-7-24-18(15)26-12-25-17)9-16(27)19(29)28(8-6-20(21,22)23)10-13-3-2-4-13/h5,7,9,11-13H,2-4,6,8,10H2,1H3,(H,24,25,26). The van der Waals surface area contributed by atoms with Crippen LogP contribution in [0, 0.1) is 5.92 Å². The number of fused-ring (bicyclic) bond motifs is 1. The van der Waals surface area contributed by atoms with Crippen LogP contribution in [0.1, 0.15) is 36.2 Å². The summed E-state index contributed by atoms with van der Waals surface area (Å²) in [6.07, 6.45) is 2.66. The van der Waals surface area contributed by atoms with Gasteiger partial charge in [0.2, 0.25) is 0 Å². The largest absolute Gasteiger partial charge is 0.390 e. The number of aromatic amines is 1. The summed E-state index contributed by atoms with van der Waals surface area (Å²) >= 11 is 0. The third-order valence-corrected chi connectivity index (χ3v) is 5.51. The van der Waals surface area contributed by atoms with E-state index in [0.717, 1.165) is 30.2 Å². The topological polar surface area (TPSA) is 66.8 Å². The van der Waals surface area contributed by atoms with Crippen LogP contribution in [0.5, 0.6) is 0 Å². The summed E-state index contributed by atoms with van der Waals surface area (Å²) in [6, 6.07) is 3.55. The van der Waals surface area contributed by atoms with Gasteiger partial charge in [0.15, 0.2) is 0 Å². The number of nitrogens with one attached hydrogen (secondary N) is 1. The summed E-state index contributed by atoms with van der Waals surface area (Å²) in [6.45, 7) is 0.0416. The summed E-state index contributed by atoms with van der Waals surface area (Å²) in [7, 11) is 1.72. The van der Waals surface area contributed by atoms with Gasteiger partial charge < -0.3 is 14.5 Å². The lowest BCUT2D eigenvalue weighted by molar-refractivity contribution is -0.137. The van der Waals surface area contributed by atoms with Crippen molar-refractivity contribution in [1.29, 1.82) is 0 Å². The number of alkyl halides is 3. The quantitative estimate of drug-likeness (QED) is 0.670. The summed E-state index contributed by atoms with van der Waals surface area (Å²) in [5, 5.41) is 0.820. The molecule has 1 aliphatic rings. The van der Waals surface area contributed by atoms with Crippen molar-refractivity contribution in [2.75, 3.05) is 13.1 Å². The van der Waals surface area contributed by atoms with E-state index in [-0.39, 0.29) is 18.4 Å². The predicted octanol–water partition coefficient (Wildman–Crippen LogP) is 4.16. The predicted molar refractivity (Wildman–Crippen MR) is 102 cm³/mol. The molecule has 1 saturated carbocycles. The molecule has 1 fully saturated rings. The molecule has 0 unspecified atom stereocenters. The molecule has 0 saturated heterocycles. The number of amides is 1. The van der Waals surface area contributed by atoms with Gasteiger partial charge in [-0.1, -0.05) is 6.42 Å². The molecule has 3 aromatic rings. The van der Waals surface area contributed by atoms with Crippen molar-refractivity contribution in [1.82, 2.24) is 24.4 Å². The zero-order valence-corrected chi connectivity index (χ0v) is 16.0. The first-order valence-electron chi connectivity index (χ1n) is 9.62. The zero-order chi connectivity index (χ0) is 20.6. The van der Waals surface area contributed by atoms with Crippen molar-refractivity contribution < 1.29 is 18.0 Å². The maximum atomic E-state index is 13.1. The summed E-state index contributed by atoms with van der Waals surface area (Å²) in [4.78, 5) is 26.0. The molecule has 0 aliphatic heterocycles. The Morgan fingerprint density at radius 3 is 2.83 bits per heavy atom. The average Bonchev–Trinajstić information content (AvgIpc) is 3.25. The highest BCUT2D eigenvalue weighted by atomic mass is 19.4. The monoisotopic (exact) mass is 405 g/mol. The second-order valence-corrected chi connectivity index (χ2v) is 7.60. The van der Waals surface area contributed by atoms with Crippen molar-refractivity contribution >= 4 is 16.9 Å². The van der Waals surface area contributed by atoms with Gasteiger partial charge in [-0.05, 0) is 30.9 Å². The molecule has 154 valence electrons. The van der Waals surface area contributed by atoms with Crippen LogP contribution in [0.3, 0.4) is 0 Å². The van der Waals surface area contributed by atoms with Gasteiger partial charge in [0.25, 0.3) is 5.91 Å². The first-order valence-corrected chi connectivity index (χ1v) is 9.62. The molecular formula is C20H22F3N5O. The number of rotatable bonds is 6. The van der Waals surface area contributed by atoms with Crippen LogP contribution in [-0.2, 0) is 7.05 Å². The lowest BCUT2D eigenvalue weighted by atomic mass is 9.85. The van der Waals surface area contributed by atoms with E-state index in [1.807, 2.05) is 6.07 Å². The van der Waals surface area contributed by atoms with Crippen LogP contribution in [0.25, 0.3) is 22.3 Å². The summed E-state index contributed by atoms with van der Waals surface area (Å²) < 4.78 is 40.0. The van der Waals surface area contributed by atoms with Gasteiger partial charge >= 0.3 is 6.18 Å². The van der Waals surface area contributed by atoms with Crippen LogP contribution < -0.4 is 0 Å². The molecule has 1 aliphatic carbocycles. The van der Waals surface area contributed by atoms with E-state index in [1.54, 1.807) is 30.1 Å². The highest BCUT2D eigenvalue weighted by molar-refractivity contribution is 5.96. The Hall–Kier alpha value is -2.84. The molecule has 4 rings (SSSR count). The molecule has 6 nitrogen and oxygen atoms in total. The minimum Gasteiger partial charge on any atom is -0.346 e. The van der Waals surface area contributed by atoms with E-state index in [0.29, 0.717) is 23.6 Å². The fourth-order valence-electron chi connectivity index (χ4n) is 3.70. The van der Waals surface area contributed by atoms with Gasteiger partial charge in [-0.2, -0.15) is 13.2 Å². The van der Waals surface area contributed by atoms with Crippen LogP contribution in [-0.4, -0.2) is 49.6 Å². The third-order valence-electron chi connectivity index (χ3n) is 5.51. The number of hydrogen-bond acceptors (Lipinski definition) is 3. The number of halogens is 3. The number of aromatic nitrogens is 4. The van der Waals surface area contributed by atoms with Crippen molar-refractivity contribution in [3.8, 4) is 11.3 Å². The van der Waals surface area contributed by atoms with E-state index in [9.17, 15) is 18.0 Å². The summed E-state index contributed by atoms with van der Waals surface area (Å²) in [5.74, 6) is -0.0949. The van der Waals surface area contributed by atoms with Crippen molar-refractivity contribution in [2.45, 2.75) is 31.9 Å². The molecule has 0 radical (unpaired) electrons. The maximum absolute atomic E-state index is 13.1. The Kier molecular flexibility index (Phi) is 5.06. The average molecular weight is 405 g/mol. The Morgan fingerprint density at radius 2 is 2.14 bits per heavy atom. The van der Waals surface area contributed by atoms with E-state index < -0.39 is 12.6 Å². The molecule has 0 bridgehead atoms. The number of hydrogen-bond donors (Lipinski definition) is 1. The van der Waals surface area contributed by atoms with E-state index in [1.165, 1.54) is 11.2 Å². The van der Waals surface area contributed by atoms with Gasteiger partial charge in [-0.15, -0.1) is 0 Å². The summed E-state index contributed by atoms with van der Waals surface area (Å²) in [5.41, 5.74) is 2.43. The van der Waals surface area contributed by atoms with E-state index >= 15 is 0 Å². The SMILES string of the molecule is Cn1cc(-c2ncnc3[nH]ccc23)cc1C(=O)N(CCC(F)(F)F)CC1CCC1. The van der Waals surface area contributed by atoms with Gasteiger partial charge in [0.05, 0.1) is 12.1 Å². The number of nitrogens with zero attached hydrogens (tertiary/aromatic N) is 4. The second-order valence-electron chi connectivity index (χ2n) is 7.60. The Morgan fingerprint density at radius 1 is 1.34 bits per heavy atom. The molecule has 3 aromatic heterocycles. The number of aryl methyl sites for hydroxylation is 1. The van der Waals surface area contributed by atoms with Gasteiger partial charge in [0, 0.05) is 43.5 Å². The zero-order valence-electron chi connectivity index (χ0n) is 16.0. The molecule has 1 N–H and O–H groups in total. The smallest absolute Gasteiger partial charge is 0.346 e. The molecule has 0 aromatic carbocycles. The molecular weight excluding hydrogens is 383 g/mol. The highest BCUT2D eigenvalue weighted by Gasteiger charge is 2.32. The first-order chi connectivity index (χ1) is 13.8. The molecule has 0 spiro atoms. The lowest BCUT2D eigenvalue weighted by Gasteiger charge is -2.32. The van der Waals surface area contributed by atoms with Crippen LogP contribution in [0.15, 0.2) is 30.9 Å². The second kappa shape index (κ2) is 7.53. The Bertz CT molecular complexity index is 1020. The fourth-order valence-corrected chi connectivity index (χ4v) is 3.70. The molecule has 3 heterocycles. The van der Waals surface area contributed by atoms with E-state index in [4.69, 9.17) is 0 Å². The van der Waals surface area contributed by atoms with Gasteiger partial charge in [-0.25, -0.2) is 9.97 Å². The van der Waals surface area contributed by atoms with E-state index in [2.05, 4.69) is 15.0 Å². The van der Waals surface area contributed by atoms with Crippen molar-refractivity contribution in [3.05, 3.63) is 36.5 Å². The van der Waals surface area contributed by atoms with Crippen molar-refractivity contribution in [3.63, 3.8) is 0 Å². The van der Waals surface area contributed by atoms with Gasteiger partial charge in [0.1, 0.15) is 17.7 Å². The highest BCUT2D eigenvalue weighted by Crippen LogP contribution is 2.30. The minimum atomic E-state index is -4.29.